The summed E-state index contributed by atoms with van der Waals surface area (Å²) in [6.07, 6.45) is -3.14. The zero-order chi connectivity index (χ0) is 21.8. The second-order valence-electron chi connectivity index (χ2n) is 6.47. The van der Waals surface area contributed by atoms with E-state index in [1.807, 2.05) is 12.1 Å². The van der Waals surface area contributed by atoms with Crippen LogP contribution >= 0.6 is 0 Å². The summed E-state index contributed by atoms with van der Waals surface area (Å²) in [5.41, 5.74) is 1.20. The Morgan fingerprint density at radius 1 is 1.24 bits per heavy atom. The van der Waals surface area contributed by atoms with E-state index in [2.05, 4.69) is 4.98 Å². The van der Waals surface area contributed by atoms with E-state index in [0.717, 1.165) is 5.39 Å². The van der Waals surface area contributed by atoms with Crippen LogP contribution in [0.25, 0.3) is 10.9 Å². The second kappa shape index (κ2) is 8.84. The Labute approximate surface area is 163 Å². The van der Waals surface area contributed by atoms with E-state index >= 15 is 0 Å². The first-order chi connectivity index (χ1) is 13.5. The Balaban J connectivity index is 0.000000207. The van der Waals surface area contributed by atoms with Crippen LogP contribution in [0.1, 0.15) is 18.4 Å². The van der Waals surface area contributed by atoms with Gasteiger partial charge in [0, 0.05) is 30.2 Å². The number of hydrogen-bond donors (Lipinski definition) is 1. The van der Waals surface area contributed by atoms with Gasteiger partial charge in [-0.3, -0.25) is 19.7 Å². The molecule has 3 rings (SSSR count). The highest BCUT2D eigenvalue weighted by molar-refractivity contribution is 5.88. The Bertz CT molecular complexity index is 925. The molecule has 0 saturated carbocycles. The number of aryl methyl sites for hydroxylation is 1. The fraction of sp³-hybridized carbons (Fsp3) is 0.389. The maximum atomic E-state index is 12.0. The molecule has 1 N–H and O–H groups in total. The van der Waals surface area contributed by atoms with Gasteiger partial charge in [-0.2, -0.15) is 13.2 Å². The number of carbonyl (C=O) groups excluding carboxylic acids is 1. The lowest BCUT2D eigenvalue weighted by molar-refractivity contribution is -0.383. The van der Waals surface area contributed by atoms with Gasteiger partial charge in [-0.15, -0.1) is 0 Å². The molecular formula is C18H18F3N3O5. The van der Waals surface area contributed by atoms with Crippen LogP contribution in [0, 0.1) is 23.0 Å². The van der Waals surface area contributed by atoms with Crippen molar-refractivity contribution in [1.29, 1.82) is 0 Å². The van der Waals surface area contributed by atoms with Crippen LogP contribution in [0.5, 0.6) is 0 Å². The van der Waals surface area contributed by atoms with Crippen molar-refractivity contribution in [2.45, 2.75) is 25.9 Å². The lowest BCUT2D eigenvalue weighted by Gasteiger charge is -2.30. The molecule has 1 aromatic heterocycles. The Morgan fingerprint density at radius 3 is 2.38 bits per heavy atom. The summed E-state index contributed by atoms with van der Waals surface area (Å²) in [6.45, 7) is 1.43. The van der Waals surface area contributed by atoms with E-state index in [9.17, 15) is 32.9 Å². The van der Waals surface area contributed by atoms with Crippen molar-refractivity contribution in [2.75, 3.05) is 13.1 Å². The fourth-order valence-corrected chi connectivity index (χ4v) is 2.97. The molecule has 1 aliphatic heterocycles. The maximum absolute atomic E-state index is 12.0. The molecule has 0 radical (unpaired) electrons. The third-order valence-electron chi connectivity index (χ3n) is 4.51. The number of hydrogen-bond acceptors (Lipinski definition) is 5. The number of likely N-dealkylation sites (tertiary alicyclic amines) is 1. The molecule has 2 aromatic rings. The molecule has 1 saturated heterocycles. The Kier molecular flexibility index (Phi) is 6.72. The summed E-state index contributed by atoms with van der Waals surface area (Å²) in [6, 6.07) is 7.16. The number of carboxylic acid groups (broad SMARTS) is 1. The monoisotopic (exact) mass is 413 g/mol. The molecule has 11 heteroatoms. The number of piperidine rings is 1. The normalized spacial score (nSPS) is 14.8. The Hall–Kier alpha value is -3.24. The van der Waals surface area contributed by atoms with Crippen LogP contribution in [0.15, 0.2) is 30.5 Å². The number of rotatable bonds is 2. The quantitative estimate of drug-likeness (QED) is 0.597. The van der Waals surface area contributed by atoms with Gasteiger partial charge < -0.3 is 10.0 Å². The number of nitro groups is 1. The number of carboxylic acids is 1. The lowest BCUT2D eigenvalue weighted by atomic mass is 9.97. The molecule has 0 spiro atoms. The van der Waals surface area contributed by atoms with Crippen LogP contribution in [-0.4, -0.2) is 51.1 Å². The van der Waals surface area contributed by atoms with Crippen molar-refractivity contribution in [2.24, 2.45) is 5.92 Å². The third kappa shape index (κ3) is 5.39. The van der Waals surface area contributed by atoms with Crippen molar-refractivity contribution in [1.82, 2.24) is 9.88 Å². The summed E-state index contributed by atoms with van der Waals surface area (Å²) >= 11 is 0. The number of aromatic nitrogens is 1. The van der Waals surface area contributed by atoms with Crippen molar-refractivity contribution < 1.29 is 32.8 Å². The number of halogens is 3. The molecule has 29 heavy (non-hydrogen) atoms. The van der Waals surface area contributed by atoms with Crippen LogP contribution < -0.4 is 0 Å². The third-order valence-corrected chi connectivity index (χ3v) is 4.51. The molecule has 8 nitrogen and oxygen atoms in total. The van der Waals surface area contributed by atoms with E-state index < -0.39 is 24.0 Å². The van der Waals surface area contributed by atoms with E-state index in [-0.39, 0.29) is 36.5 Å². The van der Waals surface area contributed by atoms with Crippen LogP contribution in [-0.2, 0) is 9.59 Å². The van der Waals surface area contributed by atoms with Crippen LogP contribution in [0.4, 0.5) is 18.9 Å². The predicted molar refractivity (Wildman–Crippen MR) is 96.1 cm³/mol. The standard InChI is InChI=1S/C10H8N2O2.C8H10F3NO3/c1-7-4-5-8-3-2-6-11-9(8)10(7)12(13)14;9-8(10,11)7(15)12-3-1-5(2-4-12)6(13)14/h2-6H,1H3;5H,1-4H2,(H,13,14). The molecule has 156 valence electrons. The van der Waals surface area contributed by atoms with Crippen LogP contribution in [0.2, 0.25) is 0 Å². The lowest BCUT2D eigenvalue weighted by Crippen LogP contribution is -2.46. The number of benzene rings is 1. The number of pyridine rings is 1. The van der Waals surface area contributed by atoms with E-state index in [4.69, 9.17) is 5.11 Å². The smallest absolute Gasteiger partial charge is 0.471 e. The summed E-state index contributed by atoms with van der Waals surface area (Å²) in [7, 11) is 0. The zero-order valence-electron chi connectivity index (χ0n) is 15.3. The topological polar surface area (TPSA) is 114 Å². The van der Waals surface area contributed by atoms with Gasteiger partial charge >= 0.3 is 18.1 Å². The minimum absolute atomic E-state index is 0.0805. The van der Waals surface area contributed by atoms with Gasteiger partial charge in [-0.1, -0.05) is 18.2 Å². The molecule has 2 heterocycles. The van der Waals surface area contributed by atoms with Gasteiger partial charge in [0.2, 0.25) is 0 Å². The van der Waals surface area contributed by atoms with Crippen molar-refractivity contribution in [3.63, 3.8) is 0 Å². The molecule has 1 aromatic carbocycles. The number of nitro benzene ring substituents is 1. The summed E-state index contributed by atoms with van der Waals surface area (Å²) in [5, 5.41) is 20.2. The van der Waals surface area contributed by atoms with Crippen molar-refractivity contribution in [3.05, 3.63) is 46.1 Å². The molecule has 0 bridgehead atoms. The van der Waals surface area contributed by atoms with Gasteiger partial charge in [-0.25, -0.2) is 4.98 Å². The molecule has 0 atom stereocenters. The molecule has 1 aliphatic rings. The number of carbonyl (C=O) groups is 2. The molecule has 0 unspecified atom stereocenters. The number of aliphatic carboxylic acids is 1. The van der Waals surface area contributed by atoms with E-state index in [1.165, 1.54) is 0 Å². The van der Waals surface area contributed by atoms with Crippen LogP contribution in [0.3, 0.4) is 0 Å². The summed E-state index contributed by atoms with van der Waals surface area (Å²) in [5.74, 6) is -3.54. The number of alkyl halides is 3. The minimum Gasteiger partial charge on any atom is -0.481 e. The van der Waals surface area contributed by atoms with Gasteiger partial charge in [0.15, 0.2) is 0 Å². The summed E-state index contributed by atoms with van der Waals surface area (Å²) < 4.78 is 35.9. The molecular weight excluding hydrogens is 395 g/mol. The van der Waals surface area contributed by atoms with Crippen molar-refractivity contribution >= 4 is 28.5 Å². The first kappa shape index (κ1) is 22.1. The SMILES string of the molecule is Cc1ccc2cccnc2c1[N+](=O)[O-].O=C(O)C1CCN(C(=O)C(F)(F)F)CC1. The number of fused-ring (bicyclic) bond motifs is 1. The average molecular weight is 413 g/mol. The highest BCUT2D eigenvalue weighted by atomic mass is 19.4. The zero-order valence-corrected chi connectivity index (χ0v) is 15.3. The van der Waals surface area contributed by atoms with Crippen molar-refractivity contribution in [3.8, 4) is 0 Å². The van der Waals surface area contributed by atoms with E-state index in [1.54, 1.807) is 25.3 Å². The minimum atomic E-state index is -4.87. The number of amides is 1. The highest BCUT2D eigenvalue weighted by Crippen LogP contribution is 2.27. The fourth-order valence-electron chi connectivity index (χ4n) is 2.97. The largest absolute Gasteiger partial charge is 0.481 e. The van der Waals surface area contributed by atoms with Gasteiger partial charge in [0.25, 0.3) is 5.69 Å². The number of nitrogens with zero attached hydrogens (tertiary/aromatic N) is 3. The summed E-state index contributed by atoms with van der Waals surface area (Å²) in [4.78, 5) is 36.3. The van der Waals surface area contributed by atoms with Gasteiger partial charge in [0.1, 0.15) is 5.52 Å². The maximum Gasteiger partial charge on any atom is 0.471 e. The van der Waals surface area contributed by atoms with E-state index in [0.29, 0.717) is 16.0 Å². The average Bonchev–Trinajstić information content (AvgIpc) is 2.66. The molecule has 1 amide bonds. The molecule has 0 aliphatic carbocycles. The highest BCUT2D eigenvalue weighted by Gasteiger charge is 2.43. The van der Waals surface area contributed by atoms with Gasteiger partial charge in [0.05, 0.1) is 10.8 Å². The first-order valence-electron chi connectivity index (χ1n) is 8.60. The molecule has 1 fully saturated rings. The Morgan fingerprint density at radius 2 is 1.86 bits per heavy atom. The first-order valence-corrected chi connectivity index (χ1v) is 8.60. The second-order valence-corrected chi connectivity index (χ2v) is 6.47. The van der Waals surface area contributed by atoms with Gasteiger partial charge in [-0.05, 0) is 25.8 Å². The predicted octanol–water partition coefficient (Wildman–Crippen LogP) is 3.32.